The maximum atomic E-state index is 12.5. The van der Waals surface area contributed by atoms with Crippen LogP contribution in [0.3, 0.4) is 0 Å². The van der Waals surface area contributed by atoms with Crippen molar-refractivity contribution in [3.05, 3.63) is 63.6 Å². The Bertz CT molecular complexity index is 1040. The van der Waals surface area contributed by atoms with Crippen molar-refractivity contribution in [2.24, 2.45) is 5.10 Å². The van der Waals surface area contributed by atoms with Gasteiger partial charge in [0.2, 0.25) is 5.91 Å². The third-order valence-corrected chi connectivity index (χ3v) is 6.30. The molecule has 0 aromatic heterocycles. The summed E-state index contributed by atoms with van der Waals surface area (Å²) in [4.78, 5) is 36.5. The molecule has 2 rings (SSSR count). The molecule has 2 N–H and O–H groups in total. The minimum Gasteiger partial charge on any atom is -0.422 e. The van der Waals surface area contributed by atoms with E-state index in [2.05, 4.69) is 38.7 Å². The summed E-state index contributed by atoms with van der Waals surface area (Å²) in [6.07, 6.45) is 12.5. The molecular formula is C29H38BrN3O4. The molecule has 0 aliphatic rings. The van der Waals surface area contributed by atoms with E-state index in [9.17, 15) is 14.4 Å². The number of nitrogens with zero attached hydrogens (tertiary/aromatic N) is 1. The van der Waals surface area contributed by atoms with Crippen molar-refractivity contribution >= 4 is 39.9 Å². The Morgan fingerprint density at radius 1 is 0.892 bits per heavy atom. The number of carbonyl (C=O) groups excluding carboxylic acids is 3. The second-order valence-electron chi connectivity index (χ2n) is 9.09. The second-order valence-corrected chi connectivity index (χ2v) is 10.0. The molecule has 2 aromatic carbocycles. The summed E-state index contributed by atoms with van der Waals surface area (Å²) in [5.74, 6) is -0.763. The fraction of sp³-hybridized carbons (Fsp3) is 0.448. The van der Waals surface area contributed by atoms with Crippen molar-refractivity contribution < 1.29 is 19.1 Å². The van der Waals surface area contributed by atoms with Crippen molar-refractivity contribution in [2.45, 2.75) is 78.1 Å². The van der Waals surface area contributed by atoms with E-state index >= 15 is 0 Å². The SMILES string of the molecule is CCCCCCCCCCCC(=O)NCC(=O)N/N=C\c1cc(Br)ccc1OC(=O)c1ccc(C)cc1. The van der Waals surface area contributed by atoms with Crippen molar-refractivity contribution in [1.82, 2.24) is 10.7 Å². The van der Waals surface area contributed by atoms with Crippen LogP contribution in [-0.2, 0) is 9.59 Å². The Balaban J connectivity index is 1.71. The molecule has 0 aliphatic heterocycles. The van der Waals surface area contributed by atoms with Gasteiger partial charge < -0.3 is 10.1 Å². The number of amides is 2. The topological polar surface area (TPSA) is 96.9 Å². The van der Waals surface area contributed by atoms with Crippen LogP contribution in [0, 0.1) is 6.92 Å². The lowest BCUT2D eigenvalue weighted by molar-refractivity contribution is -0.126. The van der Waals surface area contributed by atoms with E-state index in [0.717, 1.165) is 29.3 Å². The van der Waals surface area contributed by atoms with E-state index < -0.39 is 11.9 Å². The molecule has 0 fully saturated rings. The van der Waals surface area contributed by atoms with E-state index in [0.29, 0.717) is 23.3 Å². The molecule has 7 nitrogen and oxygen atoms in total. The van der Waals surface area contributed by atoms with Crippen LogP contribution in [-0.4, -0.2) is 30.5 Å². The van der Waals surface area contributed by atoms with Crippen molar-refractivity contribution in [3.8, 4) is 5.75 Å². The number of carbonyl (C=O) groups is 3. The molecule has 0 spiro atoms. The highest BCUT2D eigenvalue weighted by Crippen LogP contribution is 2.23. The molecule has 37 heavy (non-hydrogen) atoms. The van der Waals surface area contributed by atoms with Crippen molar-refractivity contribution in [1.29, 1.82) is 0 Å². The lowest BCUT2D eigenvalue weighted by Gasteiger charge is -2.08. The van der Waals surface area contributed by atoms with Gasteiger partial charge in [-0.2, -0.15) is 5.10 Å². The predicted molar refractivity (Wildman–Crippen MR) is 151 cm³/mol. The fourth-order valence-electron chi connectivity index (χ4n) is 3.64. The highest BCUT2D eigenvalue weighted by Gasteiger charge is 2.12. The van der Waals surface area contributed by atoms with Crippen molar-refractivity contribution in [3.63, 3.8) is 0 Å². The molecule has 0 saturated heterocycles. The zero-order valence-electron chi connectivity index (χ0n) is 21.9. The Morgan fingerprint density at radius 2 is 1.54 bits per heavy atom. The average molecular weight is 573 g/mol. The van der Waals surface area contributed by atoms with Gasteiger partial charge in [-0.15, -0.1) is 0 Å². The highest BCUT2D eigenvalue weighted by molar-refractivity contribution is 9.10. The summed E-state index contributed by atoms with van der Waals surface area (Å²) in [5.41, 5.74) is 4.37. The van der Waals surface area contributed by atoms with E-state index in [-0.39, 0.29) is 12.5 Å². The molecule has 0 atom stereocenters. The van der Waals surface area contributed by atoms with Crippen molar-refractivity contribution in [2.75, 3.05) is 6.54 Å². The van der Waals surface area contributed by atoms with E-state index in [1.165, 1.54) is 44.7 Å². The number of nitrogens with one attached hydrogen (secondary N) is 2. The number of rotatable bonds is 16. The largest absolute Gasteiger partial charge is 0.422 e. The summed E-state index contributed by atoms with van der Waals surface area (Å²) in [7, 11) is 0. The van der Waals surface area contributed by atoms with E-state index in [1.807, 2.05) is 19.1 Å². The van der Waals surface area contributed by atoms with Crippen LogP contribution in [0.4, 0.5) is 0 Å². The zero-order chi connectivity index (χ0) is 26.9. The Labute approximate surface area is 228 Å². The number of halogens is 1. The van der Waals surface area contributed by atoms with Gasteiger partial charge in [-0.25, -0.2) is 10.2 Å². The molecule has 0 aliphatic carbocycles. The van der Waals surface area contributed by atoms with Gasteiger partial charge in [0.15, 0.2) is 0 Å². The maximum absolute atomic E-state index is 12.5. The number of aryl methyl sites for hydroxylation is 1. The molecule has 0 heterocycles. The molecule has 0 bridgehead atoms. The fourth-order valence-corrected chi connectivity index (χ4v) is 4.02. The van der Waals surface area contributed by atoms with Gasteiger partial charge in [0, 0.05) is 16.5 Å². The quantitative estimate of drug-likeness (QED) is 0.0793. The minimum atomic E-state index is -0.490. The predicted octanol–water partition coefficient (Wildman–Crippen LogP) is 6.46. The van der Waals surface area contributed by atoms with Gasteiger partial charge in [0.05, 0.1) is 18.3 Å². The van der Waals surface area contributed by atoms with E-state index in [4.69, 9.17) is 4.74 Å². The first-order chi connectivity index (χ1) is 17.9. The number of hydrogen-bond donors (Lipinski definition) is 2. The van der Waals surface area contributed by atoms with Crippen LogP contribution in [0.15, 0.2) is 52.0 Å². The molecular weight excluding hydrogens is 534 g/mol. The van der Waals surface area contributed by atoms with Crippen LogP contribution in [0.2, 0.25) is 0 Å². The number of hydrogen-bond acceptors (Lipinski definition) is 5. The van der Waals surface area contributed by atoms with Crippen LogP contribution >= 0.6 is 15.9 Å². The monoisotopic (exact) mass is 571 g/mol. The third kappa shape index (κ3) is 12.7. The zero-order valence-corrected chi connectivity index (χ0v) is 23.4. The molecule has 2 amide bonds. The van der Waals surface area contributed by atoms with Gasteiger partial charge in [-0.3, -0.25) is 9.59 Å². The summed E-state index contributed by atoms with van der Waals surface area (Å²) >= 11 is 3.39. The lowest BCUT2D eigenvalue weighted by atomic mass is 10.1. The first-order valence-electron chi connectivity index (χ1n) is 13.1. The Morgan fingerprint density at radius 3 is 2.22 bits per heavy atom. The number of esters is 1. The smallest absolute Gasteiger partial charge is 0.343 e. The number of benzene rings is 2. The number of unbranched alkanes of at least 4 members (excludes halogenated alkanes) is 8. The number of hydrazone groups is 1. The second kappa shape index (κ2) is 17.5. The normalized spacial score (nSPS) is 10.9. The molecule has 0 saturated carbocycles. The van der Waals surface area contributed by atoms with Gasteiger partial charge in [-0.05, 0) is 43.7 Å². The standard InChI is InChI=1S/C29H38BrN3O4/c1-3-4-5-6-7-8-9-10-11-12-27(34)31-21-28(35)33-32-20-24-19-25(30)17-18-26(24)37-29(36)23-15-13-22(2)14-16-23/h13-20H,3-12,21H2,1-2H3,(H,31,34)(H,33,35)/b32-20-. The molecule has 8 heteroatoms. The third-order valence-electron chi connectivity index (χ3n) is 5.81. The van der Waals surface area contributed by atoms with Gasteiger partial charge in [0.25, 0.3) is 5.91 Å². The average Bonchev–Trinajstić information content (AvgIpc) is 2.88. The first-order valence-corrected chi connectivity index (χ1v) is 13.9. The van der Waals surface area contributed by atoms with Gasteiger partial charge >= 0.3 is 5.97 Å². The molecule has 0 unspecified atom stereocenters. The lowest BCUT2D eigenvalue weighted by Crippen LogP contribution is -2.34. The summed E-state index contributed by atoms with van der Waals surface area (Å²) < 4.78 is 6.29. The Kier molecular flexibility index (Phi) is 14.3. The van der Waals surface area contributed by atoms with Gasteiger partial charge in [0.1, 0.15) is 5.75 Å². The minimum absolute atomic E-state index is 0.139. The maximum Gasteiger partial charge on any atom is 0.343 e. The van der Waals surface area contributed by atoms with E-state index in [1.54, 1.807) is 30.3 Å². The molecule has 0 radical (unpaired) electrons. The van der Waals surface area contributed by atoms with Crippen LogP contribution in [0.25, 0.3) is 0 Å². The number of ether oxygens (including phenoxy) is 1. The van der Waals surface area contributed by atoms with Gasteiger partial charge in [-0.1, -0.05) is 91.9 Å². The Hall–Kier alpha value is -3.00. The van der Waals surface area contributed by atoms with Crippen LogP contribution < -0.4 is 15.5 Å². The summed E-state index contributed by atoms with van der Waals surface area (Å²) in [5, 5.41) is 6.57. The molecule has 200 valence electrons. The first kappa shape index (κ1) is 30.2. The highest BCUT2D eigenvalue weighted by atomic mass is 79.9. The van der Waals surface area contributed by atoms with Crippen LogP contribution in [0.5, 0.6) is 5.75 Å². The summed E-state index contributed by atoms with van der Waals surface area (Å²) in [6.45, 7) is 4.01. The molecule has 2 aromatic rings. The van der Waals surface area contributed by atoms with Crippen LogP contribution in [0.1, 0.15) is 92.6 Å². The summed E-state index contributed by atoms with van der Waals surface area (Å²) in [6, 6.07) is 12.2.